The molecule has 0 saturated heterocycles. The first-order chi connectivity index (χ1) is 15.6. The van der Waals surface area contributed by atoms with Crippen molar-refractivity contribution in [2.45, 2.75) is 24.8 Å². The van der Waals surface area contributed by atoms with Gasteiger partial charge < -0.3 is 10.1 Å². The lowest BCUT2D eigenvalue weighted by molar-refractivity contribution is -0.144. The summed E-state index contributed by atoms with van der Waals surface area (Å²) in [4.78, 5) is 26.9. The van der Waals surface area contributed by atoms with Crippen LogP contribution in [-0.4, -0.2) is 17.4 Å². The maximum absolute atomic E-state index is 13.7. The minimum absolute atomic E-state index is 0.297. The largest absolute Gasteiger partial charge is 0.424 e. The van der Waals surface area contributed by atoms with E-state index in [0.29, 0.717) is 17.7 Å². The highest BCUT2D eigenvalue weighted by Crippen LogP contribution is 2.48. The molecule has 1 aliphatic heterocycles. The second-order valence-corrected chi connectivity index (χ2v) is 8.08. The van der Waals surface area contributed by atoms with Gasteiger partial charge in [-0.05, 0) is 29.5 Å². The van der Waals surface area contributed by atoms with Crippen molar-refractivity contribution in [1.82, 2.24) is 5.32 Å². The van der Waals surface area contributed by atoms with Crippen molar-refractivity contribution >= 4 is 22.6 Å². The first kappa shape index (κ1) is 20.0. The molecule has 4 nitrogen and oxygen atoms in total. The van der Waals surface area contributed by atoms with Gasteiger partial charge in [-0.1, -0.05) is 91.9 Å². The summed E-state index contributed by atoms with van der Waals surface area (Å²) in [6, 6.07) is 30.7. The average molecular weight is 421 g/mol. The number of ether oxygens (including phenoxy) is 1. The molecule has 0 unspecified atom stereocenters. The van der Waals surface area contributed by atoms with Crippen LogP contribution >= 0.6 is 0 Å². The number of hydrogen-bond acceptors (Lipinski definition) is 3. The third-order valence-corrected chi connectivity index (χ3v) is 6.34. The van der Waals surface area contributed by atoms with E-state index in [1.807, 2.05) is 91.9 Å². The summed E-state index contributed by atoms with van der Waals surface area (Å²) in [5.74, 6) is -0.557. The molecule has 2 atom stereocenters. The van der Waals surface area contributed by atoms with Gasteiger partial charge in [0, 0.05) is 22.4 Å². The summed E-state index contributed by atoms with van der Waals surface area (Å²) in [6.45, 7) is 1.91. The third-order valence-electron chi connectivity index (χ3n) is 6.34. The first-order valence-electron chi connectivity index (χ1n) is 10.8. The van der Waals surface area contributed by atoms with E-state index < -0.39 is 11.5 Å². The molecule has 0 fully saturated rings. The van der Waals surface area contributed by atoms with Crippen LogP contribution < -0.4 is 10.1 Å². The van der Waals surface area contributed by atoms with Gasteiger partial charge in [-0.3, -0.25) is 4.79 Å². The van der Waals surface area contributed by atoms with E-state index in [2.05, 4.69) is 5.32 Å². The maximum Gasteiger partial charge on any atom is 0.338 e. The zero-order valence-corrected chi connectivity index (χ0v) is 17.7. The molecule has 0 aliphatic carbocycles. The average Bonchev–Trinajstić information content (AvgIpc) is 2.85. The molecule has 1 aliphatic rings. The predicted octanol–water partition coefficient (Wildman–Crippen LogP) is 5.47. The monoisotopic (exact) mass is 421 g/mol. The lowest BCUT2D eigenvalue weighted by Gasteiger charge is -2.43. The van der Waals surface area contributed by atoms with Crippen LogP contribution in [0.5, 0.6) is 5.75 Å². The number of esters is 1. The zero-order valence-electron chi connectivity index (χ0n) is 17.7. The number of nitrogens with one attached hydrogen (secondary N) is 1. The molecule has 32 heavy (non-hydrogen) atoms. The van der Waals surface area contributed by atoms with Gasteiger partial charge in [0.05, 0.1) is 0 Å². The van der Waals surface area contributed by atoms with E-state index >= 15 is 0 Å². The summed E-state index contributed by atoms with van der Waals surface area (Å²) in [6.07, 6.45) is 0.385. The van der Waals surface area contributed by atoms with Crippen LogP contribution in [0.25, 0.3) is 10.8 Å². The Morgan fingerprint density at radius 1 is 0.875 bits per heavy atom. The van der Waals surface area contributed by atoms with E-state index in [1.165, 1.54) is 0 Å². The van der Waals surface area contributed by atoms with Crippen LogP contribution in [0.3, 0.4) is 0 Å². The molecule has 0 saturated carbocycles. The fourth-order valence-electron chi connectivity index (χ4n) is 4.70. The molecule has 0 aromatic heterocycles. The SMILES string of the molecule is CC[C@@]1(NC(=O)c2ccccc2)C(=O)Oc2c(ccc3ccccc23)[C@@H]1c1ccccc1. The van der Waals surface area contributed by atoms with Crippen molar-refractivity contribution < 1.29 is 14.3 Å². The Morgan fingerprint density at radius 2 is 1.53 bits per heavy atom. The molecule has 158 valence electrons. The molecular formula is C28H23NO3. The number of amides is 1. The molecule has 4 aromatic rings. The van der Waals surface area contributed by atoms with Gasteiger partial charge in [-0.2, -0.15) is 0 Å². The smallest absolute Gasteiger partial charge is 0.338 e. The van der Waals surface area contributed by atoms with Crippen LogP contribution in [0.4, 0.5) is 0 Å². The number of carbonyl (C=O) groups is 2. The number of hydrogen-bond donors (Lipinski definition) is 1. The minimum atomic E-state index is -1.23. The molecule has 1 amide bonds. The second kappa shape index (κ2) is 7.97. The fourth-order valence-corrected chi connectivity index (χ4v) is 4.70. The van der Waals surface area contributed by atoms with Crippen molar-refractivity contribution in [2.24, 2.45) is 0 Å². The van der Waals surface area contributed by atoms with Gasteiger partial charge in [-0.15, -0.1) is 0 Å². The topological polar surface area (TPSA) is 55.4 Å². The number of rotatable bonds is 4. The summed E-state index contributed by atoms with van der Waals surface area (Å²) in [5.41, 5.74) is 1.12. The van der Waals surface area contributed by atoms with Crippen molar-refractivity contribution in [2.75, 3.05) is 0 Å². The summed E-state index contributed by atoms with van der Waals surface area (Å²) in [5, 5.41) is 4.96. The van der Waals surface area contributed by atoms with Gasteiger partial charge in [0.25, 0.3) is 5.91 Å². The molecular weight excluding hydrogens is 398 g/mol. The van der Waals surface area contributed by atoms with Crippen molar-refractivity contribution in [3.63, 3.8) is 0 Å². The minimum Gasteiger partial charge on any atom is -0.424 e. The Morgan fingerprint density at radius 3 is 2.25 bits per heavy atom. The summed E-state index contributed by atoms with van der Waals surface area (Å²) < 4.78 is 5.99. The first-order valence-corrected chi connectivity index (χ1v) is 10.8. The molecule has 0 spiro atoms. The highest BCUT2D eigenvalue weighted by atomic mass is 16.5. The van der Waals surface area contributed by atoms with Crippen molar-refractivity contribution in [3.8, 4) is 5.75 Å². The van der Waals surface area contributed by atoms with Crippen molar-refractivity contribution in [1.29, 1.82) is 0 Å². The number of benzene rings is 4. The lowest BCUT2D eigenvalue weighted by Crippen LogP contribution is -2.61. The van der Waals surface area contributed by atoms with Gasteiger partial charge >= 0.3 is 5.97 Å². The van der Waals surface area contributed by atoms with Crippen LogP contribution in [0.1, 0.15) is 40.7 Å². The normalized spacial score (nSPS) is 19.8. The Balaban J connectivity index is 1.71. The summed E-state index contributed by atoms with van der Waals surface area (Å²) >= 11 is 0. The van der Waals surface area contributed by atoms with E-state index in [9.17, 15) is 9.59 Å². The Labute approximate surface area is 186 Å². The van der Waals surface area contributed by atoms with E-state index in [4.69, 9.17) is 4.74 Å². The van der Waals surface area contributed by atoms with E-state index in [0.717, 1.165) is 21.9 Å². The van der Waals surface area contributed by atoms with Crippen LogP contribution in [0, 0.1) is 0 Å². The van der Waals surface area contributed by atoms with Gasteiger partial charge in [0.15, 0.2) is 0 Å². The van der Waals surface area contributed by atoms with Gasteiger partial charge in [0.1, 0.15) is 11.3 Å². The van der Waals surface area contributed by atoms with Crippen LogP contribution in [0.2, 0.25) is 0 Å². The van der Waals surface area contributed by atoms with Crippen LogP contribution in [-0.2, 0) is 4.79 Å². The molecule has 4 heteroatoms. The van der Waals surface area contributed by atoms with E-state index in [-0.39, 0.29) is 11.8 Å². The van der Waals surface area contributed by atoms with E-state index in [1.54, 1.807) is 12.1 Å². The highest BCUT2D eigenvalue weighted by Gasteiger charge is 2.53. The number of carbonyl (C=O) groups excluding carboxylic acids is 2. The second-order valence-electron chi connectivity index (χ2n) is 8.08. The van der Waals surface area contributed by atoms with Gasteiger partial charge in [-0.25, -0.2) is 4.79 Å². The quantitative estimate of drug-likeness (QED) is 0.351. The molecule has 1 N–H and O–H groups in total. The lowest BCUT2D eigenvalue weighted by atomic mass is 9.71. The van der Waals surface area contributed by atoms with Crippen molar-refractivity contribution in [3.05, 3.63) is 114 Å². The highest BCUT2D eigenvalue weighted by molar-refractivity contribution is 6.02. The Bertz CT molecular complexity index is 1300. The Kier molecular flexibility index (Phi) is 4.98. The zero-order chi connectivity index (χ0) is 22.1. The predicted molar refractivity (Wildman–Crippen MR) is 125 cm³/mol. The third kappa shape index (κ3) is 3.16. The molecule has 5 rings (SSSR count). The Hall–Kier alpha value is -3.92. The summed E-state index contributed by atoms with van der Waals surface area (Å²) in [7, 11) is 0. The standard InChI is InChI=1S/C28H23NO3/c1-2-28(29-26(30)21-14-7-4-8-15-21)24(20-12-5-3-6-13-20)23-18-17-19-11-9-10-16-22(19)25(23)32-27(28)31/h3-18,24H,2H2,1H3,(H,29,30)/t24-,28-/m0/s1. The number of fused-ring (bicyclic) bond motifs is 3. The molecule has 4 aromatic carbocycles. The molecule has 0 bridgehead atoms. The van der Waals surface area contributed by atoms with Crippen LogP contribution in [0.15, 0.2) is 97.1 Å². The maximum atomic E-state index is 13.7. The van der Waals surface area contributed by atoms with Gasteiger partial charge in [0.2, 0.25) is 0 Å². The molecule has 0 radical (unpaired) electrons. The molecule has 1 heterocycles. The fraction of sp³-hybridized carbons (Fsp3) is 0.143.